The Balaban J connectivity index is 1.81. The van der Waals surface area contributed by atoms with Gasteiger partial charge in [0.05, 0.1) is 22.8 Å². The van der Waals surface area contributed by atoms with E-state index in [1.165, 1.54) is 28.7 Å². The summed E-state index contributed by atoms with van der Waals surface area (Å²) in [5.74, 6) is -0.550. The number of aryl methyl sites for hydroxylation is 1. The average Bonchev–Trinajstić information content (AvgIpc) is 3.12. The van der Waals surface area contributed by atoms with E-state index < -0.39 is 5.97 Å². The van der Waals surface area contributed by atoms with E-state index in [9.17, 15) is 9.59 Å². The maximum absolute atomic E-state index is 11.6. The van der Waals surface area contributed by atoms with Gasteiger partial charge in [-0.2, -0.15) is 0 Å². The molecular formula is C14H15N3O3S2. The van der Waals surface area contributed by atoms with Crippen LogP contribution >= 0.6 is 22.7 Å². The number of amides is 1. The molecule has 2 heterocycles. The van der Waals surface area contributed by atoms with Gasteiger partial charge in [-0.15, -0.1) is 22.7 Å². The van der Waals surface area contributed by atoms with E-state index in [-0.39, 0.29) is 18.9 Å². The Labute approximate surface area is 135 Å². The van der Waals surface area contributed by atoms with Gasteiger partial charge >= 0.3 is 5.97 Å². The van der Waals surface area contributed by atoms with Crippen molar-refractivity contribution in [3.8, 4) is 0 Å². The molecule has 0 aliphatic carbocycles. The maximum atomic E-state index is 11.6. The van der Waals surface area contributed by atoms with Crippen LogP contribution in [-0.2, 0) is 27.4 Å². The topological polar surface area (TPSA) is 81.2 Å². The number of likely N-dealkylation sites (N-methyl/N-ethyl adjacent to an activating group) is 1. The number of rotatable bonds is 6. The van der Waals surface area contributed by atoms with Crippen molar-refractivity contribution in [2.45, 2.75) is 20.0 Å². The second-order valence-electron chi connectivity index (χ2n) is 4.31. The lowest BCUT2D eigenvalue weighted by atomic mass is 10.4. The molecule has 0 saturated heterocycles. The van der Waals surface area contributed by atoms with Gasteiger partial charge in [0.15, 0.2) is 0 Å². The highest BCUT2D eigenvalue weighted by atomic mass is 32.1. The Morgan fingerprint density at radius 1 is 1.32 bits per heavy atom. The lowest BCUT2D eigenvalue weighted by Crippen LogP contribution is -2.19. The number of nitrogens with zero attached hydrogens (tertiary/aromatic N) is 2. The molecule has 0 spiro atoms. The van der Waals surface area contributed by atoms with E-state index in [0.717, 1.165) is 10.7 Å². The number of nitrogens with one attached hydrogen (secondary N) is 1. The molecule has 0 aliphatic heterocycles. The monoisotopic (exact) mass is 337 g/mol. The van der Waals surface area contributed by atoms with Crippen LogP contribution in [0.15, 0.2) is 16.8 Å². The minimum Gasteiger partial charge on any atom is -0.456 e. The van der Waals surface area contributed by atoms with E-state index >= 15 is 0 Å². The molecule has 22 heavy (non-hydrogen) atoms. The summed E-state index contributed by atoms with van der Waals surface area (Å²) in [7, 11) is 1.58. The minimum atomic E-state index is -0.452. The molecule has 0 atom stereocenters. The fourth-order valence-corrected chi connectivity index (χ4v) is 2.88. The molecule has 0 fully saturated rings. The molecule has 2 aromatic rings. The first-order chi connectivity index (χ1) is 10.6. The Morgan fingerprint density at radius 3 is 2.82 bits per heavy atom. The lowest BCUT2D eigenvalue weighted by Gasteiger charge is -1.98. The molecule has 0 bridgehead atoms. The quantitative estimate of drug-likeness (QED) is 0.644. The van der Waals surface area contributed by atoms with Crippen LogP contribution in [0.1, 0.15) is 21.4 Å². The van der Waals surface area contributed by atoms with Gasteiger partial charge in [0.1, 0.15) is 11.6 Å². The van der Waals surface area contributed by atoms with Crippen molar-refractivity contribution in [3.05, 3.63) is 38.2 Å². The second-order valence-corrected chi connectivity index (χ2v) is 6.32. The van der Waals surface area contributed by atoms with Gasteiger partial charge in [0.2, 0.25) is 5.91 Å². The first-order valence-corrected chi connectivity index (χ1v) is 8.23. The highest BCUT2D eigenvalue weighted by Crippen LogP contribution is 2.12. The summed E-state index contributed by atoms with van der Waals surface area (Å²) in [6.07, 6.45) is 3.19. The number of hydrogen-bond acceptors (Lipinski definition) is 7. The molecule has 6 nitrogen and oxygen atoms in total. The van der Waals surface area contributed by atoms with Crippen molar-refractivity contribution >= 4 is 40.6 Å². The molecule has 1 amide bonds. The summed E-state index contributed by atoms with van der Waals surface area (Å²) < 4.78 is 5.09. The van der Waals surface area contributed by atoms with Crippen LogP contribution in [-0.4, -0.2) is 28.9 Å². The van der Waals surface area contributed by atoms with Gasteiger partial charge in [-0.05, 0) is 13.0 Å². The molecule has 0 saturated carbocycles. The number of ether oxygens (including phenoxy) is 1. The number of hydrogen-bond donors (Lipinski definition) is 1. The fraction of sp³-hybridized carbons (Fsp3) is 0.286. The highest BCUT2D eigenvalue weighted by Gasteiger charge is 2.08. The van der Waals surface area contributed by atoms with Crippen molar-refractivity contribution in [1.82, 2.24) is 15.3 Å². The zero-order valence-corrected chi connectivity index (χ0v) is 13.8. The fourth-order valence-electron chi connectivity index (χ4n) is 1.53. The average molecular weight is 337 g/mol. The first kappa shape index (κ1) is 16.3. The summed E-state index contributed by atoms with van der Waals surface area (Å²) in [6, 6.07) is 0. The zero-order valence-electron chi connectivity index (χ0n) is 12.2. The van der Waals surface area contributed by atoms with Crippen molar-refractivity contribution < 1.29 is 14.3 Å². The predicted molar refractivity (Wildman–Crippen MR) is 85.6 cm³/mol. The van der Waals surface area contributed by atoms with Crippen LogP contribution in [0.2, 0.25) is 0 Å². The van der Waals surface area contributed by atoms with E-state index in [2.05, 4.69) is 15.3 Å². The molecule has 0 aliphatic rings. The standard InChI is InChI=1S/C14H15N3O3S2/c1-9-16-10(7-21-9)3-4-14(19)20-6-11-8-22-13(17-11)5-12(18)15-2/h3-4,7-8H,5-6H2,1-2H3,(H,15,18)/b4-3-. The number of aromatic nitrogens is 2. The molecule has 0 unspecified atom stereocenters. The first-order valence-electron chi connectivity index (χ1n) is 6.47. The summed E-state index contributed by atoms with van der Waals surface area (Å²) in [5.41, 5.74) is 1.37. The van der Waals surface area contributed by atoms with Gasteiger partial charge in [-0.3, -0.25) is 4.79 Å². The molecule has 8 heteroatoms. The van der Waals surface area contributed by atoms with Crippen LogP contribution in [0, 0.1) is 6.92 Å². The zero-order chi connectivity index (χ0) is 15.9. The van der Waals surface area contributed by atoms with E-state index in [4.69, 9.17) is 4.74 Å². The van der Waals surface area contributed by atoms with Gasteiger partial charge < -0.3 is 10.1 Å². The SMILES string of the molecule is CNC(=O)Cc1nc(COC(=O)/C=C\c2csc(C)n2)cs1. The van der Waals surface area contributed by atoms with Crippen LogP contribution in [0.25, 0.3) is 6.08 Å². The summed E-state index contributed by atoms with van der Waals surface area (Å²) in [4.78, 5) is 31.3. The van der Waals surface area contributed by atoms with Crippen LogP contribution in [0.5, 0.6) is 0 Å². The van der Waals surface area contributed by atoms with Crippen LogP contribution in [0.4, 0.5) is 0 Å². The third kappa shape index (κ3) is 5.05. The summed E-state index contributed by atoms with van der Waals surface area (Å²) in [5, 5.41) is 7.81. The van der Waals surface area contributed by atoms with Gasteiger partial charge in [-0.25, -0.2) is 14.8 Å². The largest absolute Gasteiger partial charge is 0.456 e. The molecule has 0 aromatic carbocycles. The van der Waals surface area contributed by atoms with Gasteiger partial charge in [0.25, 0.3) is 0 Å². The van der Waals surface area contributed by atoms with Gasteiger partial charge in [-0.1, -0.05) is 0 Å². The Kier molecular flexibility index (Phi) is 5.79. The molecule has 1 N–H and O–H groups in total. The number of thiazole rings is 2. The molecule has 2 aromatic heterocycles. The van der Waals surface area contributed by atoms with Crippen LogP contribution < -0.4 is 5.32 Å². The van der Waals surface area contributed by atoms with E-state index in [1.54, 1.807) is 18.5 Å². The molecule has 116 valence electrons. The van der Waals surface area contributed by atoms with Crippen molar-refractivity contribution in [2.75, 3.05) is 7.05 Å². The van der Waals surface area contributed by atoms with Gasteiger partial charge in [0, 0.05) is 23.9 Å². The molecular weight excluding hydrogens is 322 g/mol. The predicted octanol–water partition coefficient (Wildman–Crippen LogP) is 1.95. The number of carbonyl (C=O) groups excluding carboxylic acids is 2. The second kappa shape index (κ2) is 7.81. The maximum Gasteiger partial charge on any atom is 0.331 e. The van der Waals surface area contributed by atoms with Crippen molar-refractivity contribution in [3.63, 3.8) is 0 Å². The Hall–Kier alpha value is -2.06. The highest BCUT2D eigenvalue weighted by molar-refractivity contribution is 7.10. The normalized spacial score (nSPS) is 10.8. The molecule has 2 rings (SSSR count). The summed E-state index contributed by atoms with van der Waals surface area (Å²) in [6.45, 7) is 1.99. The van der Waals surface area contributed by atoms with E-state index in [1.807, 2.05) is 12.3 Å². The smallest absolute Gasteiger partial charge is 0.331 e. The summed E-state index contributed by atoms with van der Waals surface area (Å²) >= 11 is 2.89. The molecule has 0 radical (unpaired) electrons. The minimum absolute atomic E-state index is 0.0868. The third-order valence-electron chi connectivity index (χ3n) is 2.58. The lowest BCUT2D eigenvalue weighted by molar-refractivity contribution is -0.139. The number of esters is 1. The van der Waals surface area contributed by atoms with Crippen molar-refractivity contribution in [1.29, 1.82) is 0 Å². The number of carbonyl (C=O) groups is 2. The Bertz CT molecular complexity index is 691. The third-order valence-corrected chi connectivity index (χ3v) is 4.27. The van der Waals surface area contributed by atoms with Crippen molar-refractivity contribution in [2.24, 2.45) is 0 Å². The van der Waals surface area contributed by atoms with Crippen LogP contribution in [0.3, 0.4) is 0 Å². The van der Waals surface area contributed by atoms with E-state index in [0.29, 0.717) is 10.7 Å². The Morgan fingerprint density at radius 2 is 2.14 bits per heavy atom.